The summed E-state index contributed by atoms with van der Waals surface area (Å²) in [6.07, 6.45) is 4.88. The summed E-state index contributed by atoms with van der Waals surface area (Å²) in [5.74, 6) is 1.98. The highest BCUT2D eigenvalue weighted by molar-refractivity contribution is 5.92. The lowest BCUT2D eigenvalue weighted by Gasteiger charge is -2.32. The van der Waals surface area contributed by atoms with E-state index in [1.54, 1.807) is 20.3 Å². The topological polar surface area (TPSA) is 50.8 Å². The van der Waals surface area contributed by atoms with Crippen molar-refractivity contribution < 1.29 is 14.3 Å². The Hall–Kier alpha value is -2.53. The summed E-state index contributed by atoms with van der Waals surface area (Å²) in [5.41, 5.74) is 3.47. The number of hydrogen-bond acceptors (Lipinski definition) is 4. The largest absolute Gasteiger partial charge is 0.497 e. The second kappa shape index (κ2) is 11.0. The minimum absolute atomic E-state index is 0.0388. The molecule has 0 saturated carbocycles. The third kappa shape index (κ3) is 6.23. The van der Waals surface area contributed by atoms with Crippen LogP contribution >= 0.6 is 0 Å². The molecule has 1 saturated heterocycles. The van der Waals surface area contributed by atoms with Gasteiger partial charge in [-0.25, -0.2) is 0 Å². The molecule has 30 heavy (non-hydrogen) atoms. The molecule has 0 radical (unpaired) electrons. The quantitative estimate of drug-likeness (QED) is 0.639. The molecule has 1 aliphatic rings. The number of carbonyl (C=O) groups excluding carboxylic acids is 1. The first-order valence-corrected chi connectivity index (χ1v) is 10.9. The van der Waals surface area contributed by atoms with Crippen molar-refractivity contribution in [2.24, 2.45) is 5.92 Å². The van der Waals surface area contributed by atoms with Gasteiger partial charge in [-0.2, -0.15) is 0 Å². The van der Waals surface area contributed by atoms with Crippen molar-refractivity contribution in [2.75, 3.05) is 32.6 Å². The van der Waals surface area contributed by atoms with E-state index >= 15 is 0 Å². The van der Waals surface area contributed by atoms with Crippen molar-refractivity contribution in [2.45, 2.75) is 45.6 Å². The van der Waals surface area contributed by atoms with E-state index in [1.165, 1.54) is 11.1 Å². The van der Waals surface area contributed by atoms with E-state index in [2.05, 4.69) is 41.4 Å². The number of benzene rings is 2. The number of methoxy groups -OCH3 is 2. The van der Waals surface area contributed by atoms with Crippen LogP contribution in [0.25, 0.3) is 0 Å². The predicted octanol–water partition coefficient (Wildman–Crippen LogP) is 4.90. The smallest absolute Gasteiger partial charge is 0.224 e. The second-order valence-corrected chi connectivity index (χ2v) is 8.04. The average Bonchev–Trinajstić information content (AvgIpc) is 2.79. The Balaban J connectivity index is 1.40. The van der Waals surface area contributed by atoms with Gasteiger partial charge in [0.15, 0.2) is 0 Å². The predicted molar refractivity (Wildman–Crippen MR) is 121 cm³/mol. The van der Waals surface area contributed by atoms with Gasteiger partial charge in [0.2, 0.25) is 5.91 Å². The standard InChI is InChI=1S/C25H34N2O3/c1-4-19-5-7-21(8-6-19)18-27-15-13-20(14-16-27)9-12-25(28)26-23-11-10-22(29-2)17-24(23)30-3/h5-8,10-11,17,20H,4,9,12-16,18H2,1-3H3,(H,26,28). The number of carbonyl (C=O) groups is 1. The molecule has 0 unspecified atom stereocenters. The zero-order valence-corrected chi connectivity index (χ0v) is 18.4. The molecule has 0 atom stereocenters. The minimum atomic E-state index is 0.0388. The maximum atomic E-state index is 12.4. The first-order valence-electron chi connectivity index (χ1n) is 10.9. The molecule has 1 fully saturated rings. The molecule has 0 aromatic heterocycles. The van der Waals surface area contributed by atoms with Crippen LogP contribution in [0.5, 0.6) is 11.5 Å². The molecule has 0 aliphatic carbocycles. The molecule has 2 aromatic rings. The van der Waals surface area contributed by atoms with E-state index in [9.17, 15) is 4.79 Å². The Labute approximate surface area is 180 Å². The number of amides is 1. The van der Waals surface area contributed by atoms with Crippen LogP contribution in [0.15, 0.2) is 42.5 Å². The highest BCUT2D eigenvalue weighted by Gasteiger charge is 2.20. The second-order valence-electron chi connectivity index (χ2n) is 8.04. The Morgan fingerprint density at radius 2 is 1.73 bits per heavy atom. The van der Waals surface area contributed by atoms with Crippen molar-refractivity contribution in [1.82, 2.24) is 4.90 Å². The molecule has 5 nitrogen and oxygen atoms in total. The van der Waals surface area contributed by atoms with Crippen LogP contribution in [0, 0.1) is 5.92 Å². The van der Waals surface area contributed by atoms with Gasteiger partial charge in [-0.05, 0) is 68.0 Å². The van der Waals surface area contributed by atoms with Gasteiger partial charge in [-0.1, -0.05) is 31.2 Å². The lowest BCUT2D eigenvalue weighted by atomic mass is 9.91. The number of rotatable bonds is 9. The fourth-order valence-corrected chi connectivity index (χ4v) is 4.02. The van der Waals surface area contributed by atoms with Gasteiger partial charge in [0, 0.05) is 19.0 Å². The van der Waals surface area contributed by atoms with E-state index in [1.807, 2.05) is 12.1 Å². The Morgan fingerprint density at radius 3 is 2.37 bits per heavy atom. The summed E-state index contributed by atoms with van der Waals surface area (Å²) in [7, 11) is 3.21. The zero-order chi connectivity index (χ0) is 21.3. The van der Waals surface area contributed by atoms with Crippen LogP contribution in [-0.2, 0) is 17.8 Å². The monoisotopic (exact) mass is 410 g/mol. The molecular formula is C25H34N2O3. The van der Waals surface area contributed by atoms with Crippen LogP contribution in [0.1, 0.15) is 43.7 Å². The zero-order valence-electron chi connectivity index (χ0n) is 18.4. The van der Waals surface area contributed by atoms with Gasteiger partial charge in [-0.15, -0.1) is 0 Å². The van der Waals surface area contributed by atoms with Crippen molar-refractivity contribution in [3.05, 3.63) is 53.6 Å². The number of hydrogen-bond donors (Lipinski definition) is 1. The molecule has 1 N–H and O–H groups in total. The van der Waals surface area contributed by atoms with E-state index in [0.29, 0.717) is 29.5 Å². The first-order chi connectivity index (χ1) is 14.6. The number of aryl methyl sites for hydroxylation is 1. The Kier molecular flexibility index (Phi) is 8.14. The number of likely N-dealkylation sites (tertiary alicyclic amines) is 1. The van der Waals surface area contributed by atoms with Crippen molar-refractivity contribution in [3.8, 4) is 11.5 Å². The summed E-state index contributed by atoms with van der Waals surface area (Å²) in [4.78, 5) is 15.0. The first kappa shape index (κ1) is 22.2. The summed E-state index contributed by atoms with van der Waals surface area (Å²) in [5, 5.41) is 2.97. The molecule has 5 heteroatoms. The lowest BCUT2D eigenvalue weighted by Crippen LogP contribution is -2.33. The highest BCUT2D eigenvalue weighted by Crippen LogP contribution is 2.29. The summed E-state index contributed by atoms with van der Waals surface area (Å²) in [6.45, 7) is 5.42. The summed E-state index contributed by atoms with van der Waals surface area (Å²) in [6, 6.07) is 14.4. The fraction of sp³-hybridized carbons (Fsp3) is 0.480. The molecular weight excluding hydrogens is 376 g/mol. The van der Waals surface area contributed by atoms with Gasteiger partial charge in [0.05, 0.1) is 19.9 Å². The average molecular weight is 411 g/mol. The van der Waals surface area contributed by atoms with Gasteiger partial charge in [0.25, 0.3) is 0 Å². The summed E-state index contributed by atoms with van der Waals surface area (Å²) < 4.78 is 10.6. The van der Waals surface area contributed by atoms with E-state index in [4.69, 9.17) is 9.47 Å². The molecule has 162 valence electrons. The normalized spacial score (nSPS) is 15.0. The number of piperidine rings is 1. The minimum Gasteiger partial charge on any atom is -0.497 e. The Bertz CT molecular complexity index is 812. The maximum absolute atomic E-state index is 12.4. The summed E-state index contributed by atoms with van der Waals surface area (Å²) >= 11 is 0. The number of nitrogens with zero attached hydrogens (tertiary/aromatic N) is 1. The molecule has 1 aliphatic heterocycles. The molecule has 2 aromatic carbocycles. The van der Waals surface area contributed by atoms with Gasteiger partial charge in [-0.3, -0.25) is 9.69 Å². The van der Waals surface area contributed by atoms with E-state index in [-0.39, 0.29) is 5.91 Å². The van der Waals surface area contributed by atoms with Gasteiger partial charge < -0.3 is 14.8 Å². The lowest BCUT2D eigenvalue weighted by molar-refractivity contribution is -0.116. The molecule has 0 bridgehead atoms. The van der Waals surface area contributed by atoms with Crippen LogP contribution in [0.4, 0.5) is 5.69 Å². The number of ether oxygens (including phenoxy) is 2. The van der Waals surface area contributed by atoms with Gasteiger partial charge in [0.1, 0.15) is 11.5 Å². The van der Waals surface area contributed by atoms with Gasteiger partial charge >= 0.3 is 0 Å². The molecule has 3 rings (SSSR count). The van der Waals surface area contributed by atoms with Crippen molar-refractivity contribution >= 4 is 11.6 Å². The van der Waals surface area contributed by atoms with Crippen LogP contribution in [0.2, 0.25) is 0 Å². The van der Waals surface area contributed by atoms with Crippen LogP contribution < -0.4 is 14.8 Å². The molecule has 1 amide bonds. The van der Waals surface area contributed by atoms with E-state index < -0.39 is 0 Å². The third-order valence-electron chi connectivity index (χ3n) is 6.01. The Morgan fingerprint density at radius 1 is 1.03 bits per heavy atom. The SMILES string of the molecule is CCc1ccc(CN2CCC(CCC(=O)Nc3ccc(OC)cc3OC)CC2)cc1. The molecule has 0 spiro atoms. The molecule has 1 heterocycles. The van der Waals surface area contributed by atoms with Crippen molar-refractivity contribution in [3.63, 3.8) is 0 Å². The fourth-order valence-electron chi connectivity index (χ4n) is 4.02. The van der Waals surface area contributed by atoms with Crippen LogP contribution in [-0.4, -0.2) is 38.1 Å². The van der Waals surface area contributed by atoms with Crippen LogP contribution in [0.3, 0.4) is 0 Å². The van der Waals surface area contributed by atoms with Crippen molar-refractivity contribution in [1.29, 1.82) is 0 Å². The van der Waals surface area contributed by atoms with E-state index in [0.717, 1.165) is 45.3 Å². The third-order valence-corrected chi connectivity index (χ3v) is 6.01. The number of nitrogens with one attached hydrogen (secondary N) is 1. The number of anilines is 1. The maximum Gasteiger partial charge on any atom is 0.224 e. The highest BCUT2D eigenvalue weighted by atomic mass is 16.5.